The quantitative estimate of drug-likeness (QED) is 0.769. The van der Waals surface area contributed by atoms with Gasteiger partial charge in [0.1, 0.15) is 12.1 Å². The van der Waals surface area contributed by atoms with E-state index in [1.165, 1.54) is 6.33 Å². The highest BCUT2D eigenvalue weighted by Gasteiger charge is 2.10. The highest BCUT2D eigenvalue weighted by atomic mass is 16.5. The zero-order valence-electron chi connectivity index (χ0n) is 9.95. The molecule has 0 aromatic carbocycles. The van der Waals surface area contributed by atoms with Crippen molar-refractivity contribution < 1.29 is 4.74 Å². The maximum Gasteiger partial charge on any atom is 0.221 e. The lowest BCUT2D eigenvalue weighted by molar-refractivity contribution is 0.324. The topological polar surface area (TPSA) is 47.0 Å². The van der Waals surface area contributed by atoms with Gasteiger partial charge < -0.3 is 10.1 Å². The fourth-order valence-corrected chi connectivity index (χ4v) is 1.29. The van der Waals surface area contributed by atoms with Crippen molar-refractivity contribution in [3.05, 3.63) is 11.9 Å². The van der Waals surface area contributed by atoms with Crippen LogP contribution in [-0.4, -0.2) is 22.6 Å². The molecule has 0 radical (unpaired) electrons. The average molecular weight is 219 g/mol. The van der Waals surface area contributed by atoms with Crippen molar-refractivity contribution in [2.24, 2.45) is 0 Å². The summed E-state index contributed by atoms with van der Waals surface area (Å²) in [7, 11) is 0. The molecule has 1 heterocycles. The molecule has 0 aliphatic carbocycles. The number of rotatable bonds is 5. The molecule has 16 heavy (non-hydrogen) atoms. The van der Waals surface area contributed by atoms with Gasteiger partial charge in [-0.1, -0.05) is 12.8 Å². The highest BCUT2D eigenvalue weighted by molar-refractivity contribution is 5.49. The number of nitrogens with one attached hydrogen (secondary N) is 1. The SMILES string of the molecule is C#CC(CC)Nc1ncnc(OCC)c1C. The fraction of sp³-hybridized carbons (Fsp3) is 0.500. The normalized spacial score (nSPS) is 11.6. The predicted octanol–water partition coefficient (Wildman–Crippen LogP) is 2.01. The Labute approximate surface area is 96.5 Å². The Morgan fingerprint density at radius 1 is 1.50 bits per heavy atom. The van der Waals surface area contributed by atoms with Crippen molar-refractivity contribution in [2.45, 2.75) is 33.2 Å². The van der Waals surface area contributed by atoms with Crippen LogP contribution in [0, 0.1) is 19.3 Å². The summed E-state index contributed by atoms with van der Waals surface area (Å²) in [5, 5.41) is 3.18. The average Bonchev–Trinajstić information content (AvgIpc) is 2.30. The van der Waals surface area contributed by atoms with E-state index in [1.54, 1.807) is 0 Å². The van der Waals surface area contributed by atoms with E-state index in [9.17, 15) is 0 Å². The molecule has 1 aromatic heterocycles. The van der Waals surface area contributed by atoms with E-state index in [1.807, 2.05) is 20.8 Å². The van der Waals surface area contributed by atoms with E-state index in [4.69, 9.17) is 11.2 Å². The van der Waals surface area contributed by atoms with E-state index in [0.29, 0.717) is 12.5 Å². The molecule has 1 unspecified atom stereocenters. The van der Waals surface area contributed by atoms with Crippen LogP contribution in [0.1, 0.15) is 25.8 Å². The third-order valence-corrected chi connectivity index (χ3v) is 2.24. The zero-order valence-corrected chi connectivity index (χ0v) is 9.95. The van der Waals surface area contributed by atoms with Crippen molar-refractivity contribution in [3.63, 3.8) is 0 Å². The van der Waals surface area contributed by atoms with Gasteiger partial charge in [0.25, 0.3) is 0 Å². The monoisotopic (exact) mass is 219 g/mol. The molecule has 0 saturated carbocycles. The van der Waals surface area contributed by atoms with Gasteiger partial charge in [0.05, 0.1) is 18.2 Å². The zero-order chi connectivity index (χ0) is 12.0. The molecule has 0 aliphatic rings. The van der Waals surface area contributed by atoms with Crippen LogP contribution >= 0.6 is 0 Å². The Balaban J connectivity index is 2.88. The van der Waals surface area contributed by atoms with Crippen LogP contribution in [0.2, 0.25) is 0 Å². The van der Waals surface area contributed by atoms with Gasteiger partial charge in [-0.2, -0.15) is 0 Å². The molecular weight excluding hydrogens is 202 g/mol. The summed E-state index contributed by atoms with van der Waals surface area (Å²) in [4.78, 5) is 8.22. The fourth-order valence-electron chi connectivity index (χ4n) is 1.29. The summed E-state index contributed by atoms with van der Waals surface area (Å²) in [6.45, 7) is 6.45. The van der Waals surface area contributed by atoms with Crippen molar-refractivity contribution in [3.8, 4) is 18.2 Å². The van der Waals surface area contributed by atoms with Crippen LogP contribution in [-0.2, 0) is 0 Å². The lowest BCUT2D eigenvalue weighted by Crippen LogP contribution is -2.18. The van der Waals surface area contributed by atoms with Gasteiger partial charge in [-0.15, -0.1) is 6.42 Å². The van der Waals surface area contributed by atoms with Crippen molar-refractivity contribution in [1.82, 2.24) is 9.97 Å². The molecule has 86 valence electrons. The first-order valence-corrected chi connectivity index (χ1v) is 5.39. The minimum atomic E-state index is -0.0110. The summed E-state index contributed by atoms with van der Waals surface area (Å²) >= 11 is 0. The van der Waals surface area contributed by atoms with E-state index in [-0.39, 0.29) is 6.04 Å². The second-order valence-corrected chi connectivity index (χ2v) is 3.36. The Morgan fingerprint density at radius 2 is 2.25 bits per heavy atom. The van der Waals surface area contributed by atoms with Crippen LogP contribution in [0.3, 0.4) is 0 Å². The Hall–Kier alpha value is -1.76. The summed E-state index contributed by atoms with van der Waals surface area (Å²) < 4.78 is 5.38. The van der Waals surface area contributed by atoms with Gasteiger partial charge in [-0.25, -0.2) is 9.97 Å². The van der Waals surface area contributed by atoms with Gasteiger partial charge in [0, 0.05) is 0 Å². The summed E-state index contributed by atoms with van der Waals surface area (Å²) in [6.07, 6.45) is 7.72. The van der Waals surface area contributed by atoms with E-state index in [0.717, 1.165) is 17.8 Å². The molecule has 0 fully saturated rings. The van der Waals surface area contributed by atoms with Crippen molar-refractivity contribution in [2.75, 3.05) is 11.9 Å². The molecule has 4 heteroatoms. The van der Waals surface area contributed by atoms with E-state index >= 15 is 0 Å². The lowest BCUT2D eigenvalue weighted by Gasteiger charge is -2.14. The Bertz CT molecular complexity index is 384. The van der Waals surface area contributed by atoms with Crippen LogP contribution in [0.25, 0.3) is 0 Å². The molecule has 0 bridgehead atoms. The number of hydrogen-bond acceptors (Lipinski definition) is 4. The van der Waals surface area contributed by atoms with Crippen molar-refractivity contribution >= 4 is 5.82 Å². The first-order chi connectivity index (χ1) is 7.72. The van der Waals surface area contributed by atoms with Gasteiger partial charge in [-0.3, -0.25) is 0 Å². The highest BCUT2D eigenvalue weighted by Crippen LogP contribution is 2.21. The molecule has 1 aromatic rings. The van der Waals surface area contributed by atoms with Crippen LogP contribution < -0.4 is 10.1 Å². The van der Waals surface area contributed by atoms with Gasteiger partial charge in [0.2, 0.25) is 5.88 Å². The Kier molecular flexibility index (Phi) is 4.59. The standard InChI is InChI=1S/C12H17N3O/c1-5-10(6-2)15-11-9(4)12(16-7-3)14-8-13-11/h1,8,10H,6-7H2,2-4H3,(H,13,14,15). The number of hydrogen-bond donors (Lipinski definition) is 1. The number of nitrogens with zero attached hydrogens (tertiary/aromatic N) is 2. The van der Waals surface area contributed by atoms with Gasteiger partial charge >= 0.3 is 0 Å². The maximum absolute atomic E-state index is 5.39. The van der Waals surface area contributed by atoms with Gasteiger partial charge in [0.15, 0.2) is 0 Å². The molecule has 0 saturated heterocycles. The molecule has 1 atom stereocenters. The molecular formula is C12H17N3O. The first-order valence-electron chi connectivity index (χ1n) is 5.39. The first kappa shape index (κ1) is 12.3. The number of terminal acetylenes is 1. The molecule has 1 rings (SSSR count). The second-order valence-electron chi connectivity index (χ2n) is 3.36. The van der Waals surface area contributed by atoms with Crippen LogP contribution in [0.4, 0.5) is 5.82 Å². The largest absolute Gasteiger partial charge is 0.478 e. The summed E-state index contributed by atoms with van der Waals surface area (Å²) in [5.41, 5.74) is 0.887. The molecule has 4 nitrogen and oxygen atoms in total. The number of ether oxygens (including phenoxy) is 1. The molecule has 0 aliphatic heterocycles. The van der Waals surface area contributed by atoms with E-state index in [2.05, 4.69) is 21.2 Å². The minimum Gasteiger partial charge on any atom is -0.478 e. The summed E-state index contributed by atoms with van der Waals surface area (Å²) in [5.74, 6) is 4.01. The molecule has 1 N–H and O–H groups in total. The predicted molar refractivity (Wildman–Crippen MR) is 64.5 cm³/mol. The summed E-state index contributed by atoms with van der Waals surface area (Å²) in [6, 6.07) is -0.0110. The molecule has 0 amide bonds. The van der Waals surface area contributed by atoms with Crippen LogP contribution in [0.15, 0.2) is 6.33 Å². The maximum atomic E-state index is 5.39. The van der Waals surface area contributed by atoms with Crippen LogP contribution in [0.5, 0.6) is 5.88 Å². The van der Waals surface area contributed by atoms with Gasteiger partial charge in [-0.05, 0) is 20.3 Å². The lowest BCUT2D eigenvalue weighted by atomic mass is 10.2. The van der Waals surface area contributed by atoms with E-state index < -0.39 is 0 Å². The smallest absolute Gasteiger partial charge is 0.221 e. The molecule has 0 spiro atoms. The number of anilines is 1. The second kappa shape index (κ2) is 5.96. The minimum absolute atomic E-state index is 0.0110. The number of aromatic nitrogens is 2. The Morgan fingerprint density at radius 3 is 2.81 bits per heavy atom. The third kappa shape index (κ3) is 2.86. The third-order valence-electron chi connectivity index (χ3n) is 2.24. The van der Waals surface area contributed by atoms with Crippen molar-refractivity contribution in [1.29, 1.82) is 0 Å².